The van der Waals surface area contributed by atoms with E-state index >= 15 is 0 Å². The summed E-state index contributed by atoms with van der Waals surface area (Å²) in [6.45, 7) is 2.38. The van der Waals surface area contributed by atoms with Crippen molar-refractivity contribution in [1.29, 1.82) is 0 Å². The van der Waals surface area contributed by atoms with Gasteiger partial charge in [-0.3, -0.25) is 9.59 Å². The Kier molecular flexibility index (Phi) is 8.37. The normalized spacial score (nSPS) is 14.9. The summed E-state index contributed by atoms with van der Waals surface area (Å²) in [4.78, 5) is 29.9. The molecule has 0 saturated carbocycles. The molecule has 2 heterocycles. The minimum absolute atomic E-state index is 0. The molecule has 0 aliphatic carbocycles. The number of carbonyl (C=O) groups is 2. The van der Waals surface area contributed by atoms with E-state index in [1.807, 2.05) is 4.90 Å². The number of hydrogen-bond donors (Lipinski definition) is 2. The lowest BCUT2D eigenvalue weighted by molar-refractivity contribution is -0.131. The van der Waals surface area contributed by atoms with E-state index in [-0.39, 0.29) is 24.2 Å². The van der Waals surface area contributed by atoms with Crippen LogP contribution < -0.4 is 11.1 Å². The molecular weight excluding hydrogens is 324 g/mol. The van der Waals surface area contributed by atoms with E-state index in [1.54, 1.807) is 5.38 Å². The molecule has 2 rings (SSSR count). The third-order valence-electron chi connectivity index (χ3n) is 3.54. The van der Waals surface area contributed by atoms with E-state index in [0.717, 1.165) is 30.9 Å². The van der Waals surface area contributed by atoms with Crippen LogP contribution in [0.25, 0.3) is 0 Å². The van der Waals surface area contributed by atoms with Crippen LogP contribution in [0.15, 0.2) is 5.38 Å². The first-order chi connectivity index (χ1) is 10.2. The van der Waals surface area contributed by atoms with Crippen molar-refractivity contribution in [1.82, 2.24) is 15.2 Å². The largest absolute Gasteiger partial charge is 0.350 e. The zero-order valence-electron chi connectivity index (χ0n) is 12.5. The summed E-state index contributed by atoms with van der Waals surface area (Å²) in [6, 6.07) is 0. The minimum Gasteiger partial charge on any atom is -0.350 e. The van der Waals surface area contributed by atoms with Crippen molar-refractivity contribution < 1.29 is 9.59 Å². The number of amides is 2. The average Bonchev–Trinajstić information content (AvgIpc) is 2.81. The summed E-state index contributed by atoms with van der Waals surface area (Å²) in [6.07, 6.45) is 4.92. The highest BCUT2D eigenvalue weighted by Crippen LogP contribution is 2.11. The summed E-state index contributed by atoms with van der Waals surface area (Å²) in [5.74, 6) is -0.118. The zero-order valence-corrected chi connectivity index (χ0v) is 14.2. The molecule has 2 amide bonds. The lowest BCUT2D eigenvalue weighted by atomic mass is 10.2. The van der Waals surface area contributed by atoms with Gasteiger partial charge < -0.3 is 16.0 Å². The van der Waals surface area contributed by atoms with Gasteiger partial charge in [0.25, 0.3) is 5.91 Å². The van der Waals surface area contributed by atoms with Gasteiger partial charge in [0.1, 0.15) is 10.7 Å². The summed E-state index contributed by atoms with van der Waals surface area (Å²) >= 11 is 1.37. The van der Waals surface area contributed by atoms with Crippen LogP contribution in [0.5, 0.6) is 0 Å². The summed E-state index contributed by atoms with van der Waals surface area (Å²) in [5, 5.41) is 5.16. The van der Waals surface area contributed by atoms with Gasteiger partial charge in [0, 0.05) is 38.0 Å². The molecule has 1 aromatic heterocycles. The molecule has 0 bridgehead atoms. The number of aromatic nitrogens is 1. The number of nitrogens with two attached hydrogens (primary N) is 1. The van der Waals surface area contributed by atoms with Crippen LogP contribution in [0.3, 0.4) is 0 Å². The van der Waals surface area contributed by atoms with Gasteiger partial charge in [0.2, 0.25) is 5.91 Å². The highest BCUT2D eigenvalue weighted by atomic mass is 35.5. The van der Waals surface area contributed by atoms with Gasteiger partial charge in [-0.1, -0.05) is 12.8 Å². The Labute approximate surface area is 140 Å². The van der Waals surface area contributed by atoms with Crippen molar-refractivity contribution >= 4 is 35.6 Å². The second kappa shape index (κ2) is 9.76. The fourth-order valence-corrected chi connectivity index (χ4v) is 3.02. The molecule has 1 saturated heterocycles. The molecule has 1 fully saturated rings. The topological polar surface area (TPSA) is 88.3 Å². The van der Waals surface area contributed by atoms with E-state index in [0.29, 0.717) is 25.2 Å². The highest BCUT2D eigenvalue weighted by Gasteiger charge is 2.16. The first-order valence-corrected chi connectivity index (χ1v) is 8.29. The third kappa shape index (κ3) is 5.55. The number of halogens is 1. The quantitative estimate of drug-likeness (QED) is 0.846. The molecule has 0 spiro atoms. The predicted octanol–water partition coefficient (Wildman–Crippen LogP) is 1.55. The molecule has 0 radical (unpaired) electrons. The van der Waals surface area contributed by atoms with Gasteiger partial charge in [-0.25, -0.2) is 4.98 Å². The number of rotatable bonds is 5. The SMILES string of the molecule is Cl.NCc1nc(C(=O)NCCC(=O)N2CCCCCC2)cs1. The van der Waals surface area contributed by atoms with Crippen LogP contribution in [-0.4, -0.2) is 41.3 Å². The lowest BCUT2D eigenvalue weighted by Gasteiger charge is -2.20. The van der Waals surface area contributed by atoms with Gasteiger partial charge in [0.15, 0.2) is 0 Å². The summed E-state index contributed by atoms with van der Waals surface area (Å²) < 4.78 is 0. The second-order valence-electron chi connectivity index (χ2n) is 5.13. The Morgan fingerprint density at radius 3 is 2.55 bits per heavy atom. The molecule has 0 unspecified atom stereocenters. The Morgan fingerprint density at radius 1 is 1.27 bits per heavy atom. The number of hydrogen-bond acceptors (Lipinski definition) is 5. The zero-order chi connectivity index (χ0) is 15.1. The van der Waals surface area contributed by atoms with Gasteiger partial charge in [-0.15, -0.1) is 23.7 Å². The van der Waals surface area contributed by atoms with Crippen LogP contribution in [0.2, 0.25) is 0 Å². The second-order valence-corrected chi connectivity index (χ2v) is 6.07. The highest BCUT2D eigenvalue weighted by molar-refractivity contribution is 7.09. The van der Waals surface area contributed by atoms with Crippen LogP contribution in [0.1, 0.15) is 47.6 Å². The van der Waals surface area contributed by atoms with Crippen molar-refractivity contribution in [2.45, 2.75) is 38.6 Å². The van der Waals surface area contributed by atoms with Crippen molar-refractivity contribution in [3.05, 3.63) is 16.1 Å². The first-order valence-electron chi connectivity index (χ1n) is 7.41. The van der Waals surface area contributed by atoms with Gasteiger partial charge in [-0.05, 0) is 12.8 Å². The van der Waals surface area contributed by atoms with E-state index in [1.165, 1.54) is 24.2 Å². The third-order valence-corrected chi connectivity index (χ3v) is 4.41. The molecule has 0 aromatic carbocycles. The average molecular weight is 347 g/mol. The molecule has 6 nitrogen and oxygen atoms in total. The number of likely N-dealkylation sites (tertiary alicyclic amines) is 1. The molecule has 3 N–H and O–H groups in total. The predicted molar refractivity (Wildman–Crippen MR) is 89.3 cm³/mol. The molecule has 0 atom stereocenters. The Balaban J connectivity index is 0.00000242. The Hall–Kier alpha value is -1.18. The van der Waals surface area contributed by atoms with Crippen LogP contribution >= 0.6 is 23.7 Å². The molecule has 8 heteroatoms. The lowest BCUT2D eigenvalue weighted by Crippen LogP contribution is -2.35. The summed E-state index contributed by atoms with van der Waals surface area (Å²) in [7, 11) is 0. The molecule has 1 aliphatic heterocycles. The maximum absolute atomic E-state index is 12.1. The van der Waals surface area contributed by atoms with Gasteiger partial charge in [0.05, 0.1) is 0 Å². The van der Waals surface area contributed by atoms with Crippen LogP contribution in [-0.2, 0) is 11.3 Å². The van der Waals surface area contributed by atoms with Gasteiger partial charge in [-0.2, -0.15) is 0 Å². The maximum Gasteiger partial charge on any atom is 0.270 e. The van der Waals surface area contributed by atoms with Crippen molar-refractivity contribution in [3.63, 3.8) is 0 Å². The molecule has 1 aromatic rings. The summed E-state index contributed by atoms with van der Waals surface area (Å²) in [5.41, 5.74) is 5.84. The smallest absolute Gasteiger partial charge is 0.270 e. The molecular formula is C14H23ClN4O2S. The Morgan fingerprint density at radius 2 is 1.95 bits per heavy atom. The number of thiazole rings is 1. The van der Waals surface area contributed by atoms with E-state index < -0.39 is 0 Å². The van der Waals surface area contributed by atoms with Crippen LogP contribution in [0.4, 0.5) is 0 Å². The van der Waals surface area contributed by atoms with Gasteiger partial charge >= 0.3 is 0 Å². The number of nitrogens with one attached hydrogen (secondary N) is 1. The number of carbonyl (C=O) groups excluding carboxylic acids is 2. The fraction of sp³-hybridized carbons (Fsp3) is 0.643. The molecule has 22 heavy (non-hydrogen) atoms. The standard InChI is InChI=1S/C14H22N4O2S.ClH/c15-9-12-17-11(10-21-12)14(20)16-6-5-13(19)18-7-3-1-2-4-8-18;/h10H,1-9,15H2,(H,16,20);1H. The maximum atomic E-state index is 12.1. The van der Waals surface area contributed by atoms with E-state index in [2.05, 4.69) is 10.3 Å². The van der Waals surface area contributed by atoms with Crippen molar-refractivity contribution in [3.8, 4) is 0 Å². The minimum atomic E-state index is -0.241. The first kappa shape index (κ1) is 18.9. The molecule has 1 aliphatic rings. The monoisotopic (exact) mass is 346 g/mol. The molecule has 124 valence electrons. The van der Waals surface area contributed by atoms with Crippen molar-refractivity contribution in [2.24, 2.45) is 5.73 Å². The van der Waals surface area contributed by atoms with Crippen LogP contribution in [0, 0.1) is 0 Å². The van der Waals surface area contributed by atoms with E-state index in [4.69, 9.17) is 5.73 Å². The van der Waals surface area contributed by atoms with E-state index in [9.17, 15) is 9.59 Å². The Bertz CT molecular complexity index is 487. The number of nitrogens with zero attached hydrogens (tertiary/aromatic N) is 2. The fourth-order valence-electron chi connectivity index (χ4n) is 2.36. The van der Waals surface area contributed by atoms with Crippen molar-refractivity contribution in [2.75, 3.05) is 19.6 Å².